The summed E-state index contributed by atoms with van der Waals surface area (Å²) in [6.07, 6.45) is 3.42. The number of anilines is 1. The molecule has 0 spiro atoms. The lowest BCUT2D eigenvalue weighted by atomic mass is 10.0. The number of nitro groups is 1. The average Bonchev–Trinajstić information content (AvgIpc) is 2.54. The first kappa shape index (κ1) is 13.3. The molecule has 2 rings (SSSR count). The Bertz CT molecular complexity index is 451. The quantitative estimate of drug-likeness (QED) is 0.613. The summed E-state index contributed by atoms with van der Waals surface area (Å²) >= 11 is 3.29. The van der Waals surface area contributed by atoms with E-state index in [1.807, 2.05) is 12.1 Å². The molecular formula is C13H17BrN2O2. The largest absolute Gasteiger partial charge is 0.366 e. The van der Waals surface area contributed by atoms with E-state index >= 15 is 0 Å². The van der Waals surface area contributed by atoms with Crippen LogP contribution in [-0.4, -0.2) is 18.0 Å². The van der Waals surface area contributed by atoms with Gasteiger partial charge in [0.2, 0.25) is 0 Å². The van der Waals surface area contributed by atoms with Crippen molar-refractivity contribution in [3.63, 3.8) is 0 Å². The lowest BCUT2D eigenvalue weighted by Gasteiger charge is -2.22. The fourth-order valence-electron chi connectivity index (χ4n) is 2.41. The lowest BCUT2D eigenvalue weighted by Crippen LogP contribution is -2.24. The molecule has 5 heteroatoms. The van der Waals surface area contributed by atoms with Gasteiger partial charge in [-0.15, -0.1) is 0 Å². The molecule has 1 heterocycles. The summed E-state index contributed by atoms with van der Waals surface area (Å²) in [5, 5.41) is 11.1. The van der Waals surface area contributed by atoms with Gasteiger partial charge in [-0.25, -0.2) is 0 Å². The van der Waals surface area contributed by atoms with Gasteiger partial charge in [0.1, 0.15) is 5.69 Å². The summed E-state index contributed by atoms with van der Waals surface area (Å²) in [6.45, 7) is 4.07. The van der Waals surface area contributed by atoms with E-state index in [9.17, 15) is 10.1 Å². The van der Waals surface area contributed by atoms with Crippen molar-refractivity contribution in [2.24, 2.45) is 5.92 Å². The molecule has 0 aliphatic carbocycles. The van der Waals surface area contributed by atoms with E-state index in [4.69, 9.17) is 0 Å². The van der Waals surface area contributed by atoms with Crippen LogP contribution in [0.2, 0.25) is 0 Å². The maximum Gasteiger partial charge on any atom is 0.293 e. The summed E-state index contributed by atoms with van der Waals surface area (Å²) in [4.78, 5) is 13.0. The maximum atomic E-state index is 11.1. The van der Waals surface area contributed by atoms with Crippen molar-refractivity contribution < 1.29 is 4.92 Å². The summed E-state index contributed by atoms with van der Waals surface area (Å²) < 4.78 is 0.751. The average molecular weight is 313 g/mol. The van der Waals surface area contributed by atoms with Crippen LogP contribution in [0.5, 0.6) is 0 Å². The zero-order chi connectivity index (χ0) is 13.1. The van der Waals surface area contributed by atoms with Gasteiger partial charge >= 0.3 is 0 Å². The topological polar surface area (TPSA) is 46.4 Å². The molecule has 0 amide bonds. The fraction of sp³-hybridized carbons (Fsp3) is 0.538. The highest BCUT2D eigenvalue weighted by Gasteiger charge is 2.22. The predicted octanol–water partition coefficient (Wildman–Crippen LogP) is 3.98. The van der Waals surface area contributed by atoms with Crippen LogP contribution in [0.4, 0.5) is 11.4 Å². The zero-order valence-corrected chi connectivity index (χ0v) is 12.0. The third-order valence-electron chi connectivity index (χ3n) is 3.49. The number of rotatable bonds is 2. The molecule has 1 aliphatic rings. The van der Waals surface area contributed by atoms with Gasteiger partial charge in [0, 0.05) is 23.6 Å². The second kappa shape index (κ2) is 5.69. The van der Waals surface area contributed by atoms with Crippen LogP contribution in [0.25, 0.3) is 0 Å². The highest BCUT2D eigenvalue weighted by atomic mass is 79.9. The van der Waals surface area contributed by atoms with E-state index in [-0.39, 0.29) is 10.6 Å². The third-order valence-corrected chi connectivity index (χ3v) is 3.98. The number of benzene rings is 1. The van der Waals surface area contributed by atoms with Crippen LogP contribution in [0.15, 0.2) is 22.7 Å². The van der Waals surface area contributed by atoms with Crippen molar-refractivity contribution >= 4 is 27.3 Å². The molecule has 0 N–H and O–H groups in total. The summed E-state index contributed by atoms with van der Waals surface area (Å²) in [6, 6.07) is 5.30. The first-order valence-corrected chi connectivity index (χ1v) is 7.06. The van der Waals surface area contributed by atoms with E-state index in [1.54, 1.807) is 6.07 Å². The Hall–Kier alpha value is -1.10. The normalized spacial score (nSPS) is 20.6. The highest BCUT2D eigenvalue weighted by molar-refractivity contribution is 9.10. The van der Waals surface area contributed by atoms with Gasteiger partial charge in [-0.2, -0.15) is 0 Å². The monoisotopic (exact) mass is 312 g/mol. The smallest absolute Gasteiger partial charge is 0.293 e. The first-order valence-electron chi connectivity index (χ1n) is 6.27. The predicted molar refractivity (Wildman–Crippen MR) is 76.0 cm³/mol. The molecular weight excluding hydrogens is 296 g/mol. The van der Waals surface area contributed by atoms with E-state index in [0.717, 1.165) is 36.1 Å². The molecule has 1 unspecified atom stereocenters. The number of nitro benzene ring substituents is 1. The van der Waals surface area contributed by atoms with Gasteiger partial charge in [0.05, 0.1) is 4.92 Å². The standard InChI is InChI=1S/C13H17BrN2O2/c1-10-3-2-7-15(8-6-10)12-5-4-11(14)9-13(12)16(17)18/h4-5,9-10H,2-3,6-8H2,1H3. The van der Waals surface area contributed by atoms with Gasteiger partial charge in [-0.05, 0) is 37.3 Å². The van der Waals surface area contributed by atoms with Crippen molar-refractivity contribution in [2.75, 3.05) is 18.0 Å². The van der Waals surface area contributed by atoms with E-state index in [0.29, 0.717) is 5.92 Å². The van der Waals surface area contributed by atoms with Crippen LogP contribution >= 0.6 is 15.9 Å². The number of hydrogen-bond donors (Lipinski definition) is 0. The lowest BCUT2D eigenvalue weighted by molar-refractivity contribution is -0.384. The minimum absolute atomic E-state index is 0.193. The molecule has 1 aliphatic heterocycles. The first-order chi connectivity index (χ1) is 8.58. The number of halogens is 1. The minimum Gasteiger partial charge on any atom is -0.366 e. The Morgan fingerprint density at radius 1 is 1.39 bits per heavy atom. The minimum atomic E-state index is -0.297. The molecule has 1 aromatic rings. The van der Waals surface area contributed by atoms with Gasteiger partial charge in [-0.1, -0.05) is 22.9 Å². The Balaban J connectivity index is 2.29. The van der Waals surface area contributed by atoms with Gasteiger partial charge in [0.25, 0.3) is 5.69 Å². The summed E-state index contributed by atoms with van der Waals surface area (Å²) in [5.74, 6) is 0.713. The molecule has 0 bridgehead atoms. The highest BCUT2D eigenvalue weighted by Crippen LogP contribution is 2.33. The molecule has 1 atom stereocenters. The van der Waals surface area contributed by atoms with E-state index < -0.39 is 0 Å². The van der Waals surface area contributed by atoms with Crippen LogP contribution in [0.1, 0.15) is 26.2 Å². The van der Waals surface area contributed by atoms with Gasteiger partial charge in [0.15, 0.2) is 0 Å². The third kappa shape index (κ3) is 3.02. The second-order valence-corrected chi connectivity index (χ2v) is 5.83. The molecule has 1 fully saturated rings. The molecule has 0 aromatic heterocycles. The Kier molecular flexibility index (Phi) is 4.22. The van der Waals surface area contributed by atoms with E-state index in [1.165, 1.54) is 6.42 Å². The van der Waals surface area contributed by atoms with Crippen molar-refractivity contribution in [2.45, 2.75) is 26.2 Å². The Morgan fingerprint density at radius 2 is 2.17 bits per heavy atom. The molecule has 18 heavy (non-hydrogen) atoms. The van der Waals surface area contributed by atoms with Crippen molar-refractivity contribution in [1.82, 2.24) is 0 Å². The second-order valence-electron chi connectivity index (χ2n) is 4.91. The summed E-state index contributed by atoms with van der Waals surface area (Å²) in [7, 11) is 0. The van der Waals surface area contributed by atoms with Crippen LogP contribution in [-0.2, 0) is 0 Å². The van der Waals surface area contributed by atoms with Gasteiger partial charge in [-0.3, -0.25) is 10.1 Å². The SMILES string of the molecule is CC1CCCN(c2ccc(Br)cc2[N+](=O)[O-])CC1. The van der Waals surface area contributed by atoms with Crippen molar-refractivity contribution in [1.29, 1.82) is 0 Å². The molecule has 0 saturated carbocycles. The van der Waals surface area contributed by atoms with Crippen LogP contribution in [0.3, 0.4) is 0 Å². The van der Waals surface area contributed by atoms with Gasteiger partial charge < -0.3 is 4.90 Å². The maximum absolute atomic E-state index is 11.1. The Labute approximate surface area is 115 Å². The molecule has 1 saturated heterocycles. The Morgan fingerprint density at radius 3 is 2.89 bits per heavy atom. The summed E-state index contributed by atoms with van der Waals surface area (Å²) in [5.41, 5.74) is 0.941. The molecule has 4 nitrogen and oxygen atoms in total. The fourth-order valence-corrected chi connectivity index (χ4v) is 2.76. The van der Waals surface area contributed by atoms with Crippen molar-refractivity contribution in [3.05, 3.63) is 32.8 Å². The van der Waals surface area contributed by atoms with Crippen LogP contribution in [0, 0.1) is 16.0 Å². The molecule has 1 aromatic carbocycles. The van der Waals surface area contributed by atoms with Crippen molar-refractivity contribution in [3.8, 4) is 0 Å². The van der Waals surface area contributed by atoms with Crippen LogP contribution < -0.4 is 4.90 Å². The molecule has 0 radical (unpaired) electrons. The van der Waals surface area contributed by atoms with E-state index in [2.05, 4.69) is 27.8 Å². The number of hydrogen-bond acceptors (Lipinski definition) is 3. The number of nitrogens with zero attached hydrogens (tertiary/aromatic N) is 2. The molecule has 98 valence electrons. The zero-order valence-electron chi connectivity index (χ0n) is 10.4.